The monoisotopic (exact) mass is 400 g/mol. The van der Waals surface area contributed by atoms with Gasteiger partial charge in [-0.2, -0.15) is 13.8 Å². The van der Waals surface area contributed by atoms with Crippen molar-refractivity contribution in [3.05, 3.63) is 11.3 Å². The number of hydrogen-bond donors (Lipinski definition) is 1. The fourth-order valence-electron chi connectivity index (χ4n) is 4.97. The van der Waals surface area contributed by atoms with Gasteiger partial charge in [-0.3, -0.25) is 4.79 Å². The van der Waals surface area contributed by atoms with E-state index in [2.05, 4.69) is 9.97 Å². The first kappa shape index (κ1) is 17.9. The van der Waals surface area contributed by atoms with Crippen molar-refractivity contribution in [2.75, 3.05) is 29.4 Å². The van der Waals surface area contributed by atoms with Gasteiger partial charge in [0.25, 0.3) is 11.8 Å². The minimum absolute atomic E-state index is 0.0728. The van der Waals surface area contributed by atoms with Crippen LogP contribution in [0.25, 0.3) is 0 Å². The van der Waals surface area contributed by atoms with Gasteiger partial charge >= 0.3 is 5.97 Å². The second kappa shape index (κ2) is 5.48. The van der Waals surface area contributed by atoms with Crippen molar-refractivity contribution in [1.82, 2.24) is 9.97 Å². The molecule has 3 heterocycles. The smallest absolute Gasteiger partial charge is 0.303 e. The fourth-order valence-corrected chi connectivity index (χ4v) is 4.97. The first-order chi connectivity index (χ1) is 13.1. The van der Waals surface area contributed by atoms with E-state index >= 15 is 0 Å². The zero-order chi connectivity index (χ0) is 20.0. The third kappa shape index (κ3) is 2.49. The summed E-state index contributed by atoms with van der Waals surface area (Å²) < 4.78 is 55.9. The molecule has 3 fully saturated rings. The number of carboxylic acids is 1. The van der Waals surface area contributed by atoms with Crippen LogP contribution in [0.15, 0.2) is 0 Å². The van der Waals surface area contributed by atoms with Crippen LogP contribution in [-0.4, -0.2) is 52.6 Å². The summed E-state index contributed by atoms with van der Waals surface area (Å²) in [5.41, 5.74) is 0.0438. The number of halogens is 4. The minimum atomic E-state index is -3.09. The van der Waals surface area contributed by atoms with Gasteiger partial charge in [-0.05, 0) is 31.1 Å². The van der Waals surface area contributed by atoms with Crippen molar-refractivity contribution in [3.63, 3.8) is 0 Å². The summed E-state index contributed by atoms with van der Waals surface area (Å²) in [6.07, 6.45) is -0.0929. The quantitative estimate of drug-likeness (QED) is 0.784. The Balaban J connectivity index is 1.45. The van der Waals surface area contributed by atoms with Gasteiger partial charge in [0.15, 0.2) is 0 Å². The van der Waals surface area contributed by atoms with Crippen molar-refractivity contribution < 1.29 is 27.5 Å². The highest BCUT2D eigenvalue weighted by atomic mass is 19.3. The van der Waals surface area contributed by atoms with Crippen molar-refractivity contribution in [2.45, 2.75) is 44.1 Å². The first-order valence-corrected chi connectivity index (χ1v) is 9.49. The van der Waals surface area contributed by atoms with Crippen molar-refractivity contribution in [2.24, 2.45) is 17.8 Å². The number of rotatable bonds is 4. The molecule has 4 atom stereocenters. The van der Waals surface area contributed by atoms with Gasteiger partial charge < -0.3 is 14.9 Å². The number of carboxylic acid groups (broad SMARTS) is 1. The van der Waals surface area contributed by atoms with E-state index in [0.29, 0.717) is 24.5 Å². The summed E-state index contributed by atoms with van der Waals surface area (Å²) in [5, 5.41) is 8.96. The predicted molar refractivity (Wildman–Crippen MR) is 90.9 cm³/mol. The standard InChI is InChI=1S/C18H20F4N4O2/c1-8-18(21,22)7-26(8)16-23-14-9(2-3-17(14,19)20)15(24-16)25-5-11-10(4-13(27)28)12(11)6-25/h8,10-12H,2-7H2,1H3,(H,27,28)/t8-,10?,11-,12+/m1/s1. The van der Waals surface area contributed by atoms with E-state index in [1.165, 1.54) is 11.8 Å². The normalized spacial score (nSPS) is 34.0. The Labute approximate surface area is 158 Å². The molecule has 4 aliphatic rings. The molecule has 6 nitrogen and oxygen atoms in total. The Hall–Kier alpha value is -2.13. The molecule has 2 saturated heterocycles. The Morgan fingerprint density at radius 1 is 1.21 bits per heavy atom. The largest absolute Gasteiger partial charge is 0.481 e. The van der Waals surface area contributed by atoms with Crippen molar-refractivity contribution >= 4 is 17.7 Å². The number of alkyl halides is 4. The average Bonchev–Trinajstić information content (AvgIpc) is 2.96. The molecule has 1 unspecified atom stereocenters. The Bertz CT molecular complexity index is 852. The number of nitrogens with zero attached hydrogens (tertiary/aromatic N) is 4. The van der Waals surface area contributed by atoms with E-state index in [9.17, 15) is 22.4 Å². The summed E-state index contributed by atoms with van der Waals surface area (Å²) in [6, 6.07) is -1.14. The van der Waals surface area contributed by atoms with E-state index in [1.54, 1.807) is 0 Å². The van der Waals surface area contributed by atoms with E-state index in [0.717, 1.165) is 0 Å². The lowest BCUT2D eigenvalue weighted by Gasteiger charge is -2.46. The van der Waals surface area contributed by atoms with Gasteiger partial charge in [0.05, 0.1) is 12.6 Å². The van der Waals surface area contributed by atoms with E-state index < -0.39 is 30.4 Å². The molecule has 1 saturated carbocycles. The molecule has 10 heteroatoms. The number of piperidine rings is 1. The highest BCUT2D eigenvalue weighted by Crippen LogP contribution is 2.55. The molecule has 2 aliphatic carbocycles. The van der Waals surface area contributed by atoms with Gasteiger partial charge in [-0.15, -0.1) is 0 Å². The van der Waals surface area contributed by atoms with E-state index in [4.69, 9.17) is 5.11 Å². The van der Waals surface area contributed by atoms with Crippen LogP contribution in [0.4, 0.5) is 29.3 Å². The van der Waals surface area contributed by atoms with Crippen LogP contribution in [0.1, 0.15) is 31.0 Å². The molecule has 2 aliphatic heterocycles. The molecule has 1 aromatic heterocycles. The number of carbonyl (C=O) groups is 1. The Morgan fingerprint density at radius 3 is 2.46 bits per heavy atom. The molecular weight excluding hydrogens is 380 g/mol. The molecule has 5 rings (SSSR count). The lowest BCUT2D eigenvalue weighted by atomic mass is 10.0. The average molecular weight is 400 g/mol. The first-order valence-electron chi connectivity index (χ1n) is 9.49. The third-order valence-corrected chi connectivity index (χ3v) is 6.81. The van der Waals surface area contributed by atoms with Gasteiger partial charge in [0, 0.05) is 31.5 Å². The van der Waals surface area contributed by atoms with Crippen LogP contribution < -0.4 is 9.80 Å². The molecule has 0 aromatic carbocycles. The number of fused-ring (bicyclic) bond motifs is 2. The molecule has 0 spiro atoms. The van der Waals surface area contributed by atoms with Gasteiger partial charge in [0.2, 0.25) is 5.95 Å². The van der Waals surface area contributed by atoms with Crippen LogP contribution in [-0.2, 0) is 17.1 Å². The number of hydrogen-bond acceptors (Lipinski definition) is 5. The zero-order valence-corrected chi connectivity index (χ0v) is 15.2. The highest BCUT2D eigenvalue weighted by molar-refractivity contribution is 5.68. The molecule has 0 bridgehead atoms. The highest BCUT2D eigenvalue weighted by Gasteiger charge is 2.58. The zero-order valence-electron chi connectivity index (χ0n) is 15.2. The summed E-state index contributed by atoms with van der Waals surface area (Å²) in [7, 11) is 0. The van der Waals surface area contributed by atoms with Crippen molar-refractivity contribution in [3.8, 4) is 0 Å². The summed E-state index contributed by atoms with van der Waals surface area (Å²) in [6.45, 7) is 1.87. The topological polar surface area (TPSA) is 69.6 Å². The molecule has 0 amide bonds. The SMILES string of the molecule is C[C@H]1N(c2nc(N3C[C@@H]4C(CC(=O)O)[C@@H]4C3)c3c(n2)C(F)(F)CC3)CC1(F)F. The number of aliphatic carboxylic acids is 1. The van der Waals surface area contributed by atoms with E-state index in [-0.39, 0.29) is 48.7 Å². The van der Waals surface area contributed by atoms with Crippen LogP contribution in [0, 0.1) is 17.8 Å². The fraction of sp³-hybridized carbons (Fsp3) is 0.722. The minimum Gasteiger partial charge on any atom is -0.481 e. The number of aromatic nitrogens is 2. The lowest BCUT2D eigenvalue weighted by molar-refractivity contribution is -0.137. The van der Waals surface area contributed by atoms with E-state index in [1.807, 2.05) is 4.90 Å². The van der Waals surface area contributed by atoms with Crippen LogP contribution in [0.2, 0.25) is 0 Å². The molecular formula is C18H20F4N4O2. The number of anilines is 2. The maximum absolute atomic E-state index is 14.4. The summed E-state index contributed by atoms with van der Waals surface area (Å²) >= 11 is 0. The van der Waals surface area contributed by atoms with Gasteiger partial charge in [-0.25, -0.2) is 13.8 Å². The molecule has 1 aromatic rings. The van der Waals surface area contributed by atoms with Gasteiger partial charge in [-0.1, -0.05) is 0 Å². The maximum atomic E-state index is 14.4. The summed E-state index contributed by atoms with van der Waals surface area (Å²) in [5.74, 6) is -5.91. The van der Waals surface area contributed by atoms with Crippen LogP contribution in [0.3, 0.4) is 0 Å². The van der Waals surface area contributed by atoms with Gasteiger partial charge in [0.1, 0.15) is 11.5 Å². The predicted octanol–water partition coefficient (Wildman–Crippen LogP) is 2.52. The second-order valence-electron chi connectivity index (χ2n) is 8.44. The summed E-state index contributed by atoms with van der Waals surface area (Å²) in [4.78, 5) is 22.5. The lowest BCUT2D eigenvalue weighted by Crippen LogP contribution is -2.64. The molecule has 152 valence electrons. The second-order valence-corrected chi connectivity index (χ2v) is 8.44. The Kier molecular flexibility index (Phi) is 3.51. The third-order valence-electron chi connectivity index (χ3n) is 6.81. The van der Waals surface area contributed by atoms with Crippen LogP contribution >= 0.6 is 0 Å². The van der Waals surface area contributed by atoms with Crippen molar-refractivity contribution in [1.29, 1.82) is 0 Å². The Morgan fingerprint density at radius 2 is 1.89 bits per heavy atom. The van der Waals surface area contributed by atoms with Crippen LogP contribution in [0.5, 0.6) is 0 Å². The molecule has 28 heavy (non-hydrogen) atoms. The molecule has 0 radical (unpaired) electrons. The maximum Gasteiger partial charge on any atom is 0.303 e. The molecule has 1 N–H and O–H groups in total.